The van der Waals surface area contributed by atoms with Crippen LogP contribution in [0.25, 0.3) is 5.65 Å². The fourth-order valence-corrected chi connectivity index (χ4v) is 2.74. The SMILES string of the molecule is N#Cc1ccccc1C(=O)NCc1cn2ncc(CNC(=O)CCC(F)(F)F)cc2n1. The lowest BCUT2D eigenvalue weighted by Gasteiger charge is -2.07. The maximum atomic E-state index is 12.3. The van der Waals surface area contributed by atoms with Gasteiger partial charge in [-0.1, -0.05) is 12.1 Å². The smallest absolute Gasteiger partial charge is 0.352 e. The van der Waals surface area contributed by atoms with E-state index >= 15 is 0 Å². The highest BCUT2D eigenvalue weighted by atomic mass is 19.4. The first-order valence-electron chi connectivity index (χ1n) is 9.19. The molecule has 3 aromatic rings. The zero-order chi connectivity index (χ0) is 22.4. The van der Waals surface area contributed by atoms with Crippen LogP contribution in [0.2, 0.25) is 0 Å². The van der Waals surface area contributed by atoms with E-state index in [1.54, 1.807) is 36.5 Å². The average Bonchev–Trinajstić information content (AvgIpc) is 3.16. The van der Waals surface area contributed by atoms with E-state index in [1.807, 2.05) is 6.07 Å². The number of hydrogen-bond donors (Lipinski definition) is 2. The molecule has 2 amide bonds. The van der Waals surface area contributed by atoms with Gasteiger partial charge in [0.2, 0.25) is 5.91 Å². The maximum Gasteiger partial charge on any atom is 0.389 e. The van der Waals surface area contributed by atoms with Crippen molar-refractivity contribution < 1.29 is 22.8 Å². The Labute approximate surface area is 174 Å². The predicted octanol–water partition coefficient (Wildman–Crippen LogP) is 2.49. The van der Waals surface area contributed by atoms with E-state index in [4.69, 9.17) is 5.26 Å². The third kappa shape index (κ3) is 6.02. The number of benzene rings is 1. The van der Waals surface area contributed by atoms with E-state index in [2.05, 4.69) is 20.7 Å². The number of fused-ring (bicyclic) bond motifs is 1. The number of amides is 2. The Morgan fingerprint density at radius 3 is 2.68 bits per heavy atom. The molecular weight excluding hydrogens is 413 g/mol. The molecule has 0 spiro atoms. The Kier molecular flexibility index (Phi) is 6.49. The number of nitrogens with one attached hydrogen (secondary N) is 2. The summed E-state index contributed by atoms with van der Waals surface area (Å²) in [5.41, 5.74) is 2.05. The van der Waals surface area contributed by atoms with Crippen molar-refractivity contribution in [1.29, 1.82) is 5.26 Å². The molecule has 160 valence electrons. The molecule has 0 fully saturated rings. The number of halogens is 3. The van der Waals surface area contributed by atoms with Crippen LogP contribution in [0, 0.1) is 11.3 Å². The molecule has 2 aromatic heterocycles. The number of rotatable bonds is 7. The molecule has 0 atom stereocenters. The second-order valence-electron chi connectivity index (χ2n) is 6.63. The lowest BCUT2D eigenvalue weighted by Crippen LogP contribution is -2.24. The van der Waals surface area contributed by atoms with Gasteiger partial charge in [-0.05, 0) is 23.8 Å². The number of aromatic nitrogens is 3. The largest absolute Gasteiger partial charge is 0.389 e. The first-order valence-corrected chi connectivity index (χ1v) is 9.19. The van der Waals surface area contributed by atoms with Gasteiger partial charge in [-0.3, -0.25) is 9.59 Å². The minimum absolute atomic E-state index is 0.0179. The summed E-state index contributed by atoms with van der Waals surface area (Å²) in [4.78, 5) is 28.2. The fourth-order valence-electron chi connectivity index (χ4n) is 2.74. The van der Waals surface area contributed by atoms with Crippen LogP contribution in [-0.2, 0) is 17.9 Å². The number of hydrogen-bond acceptors (Lipinski definition) is 5. The van der Waals surface area contributed by atoms with E-state index in [1.165, 1.54) is 10.7 Å². The van der Waals surface area contributed by atoms with Gasteiger partial charge in [-0.2, -0.15) is 23.5 Å². The van der Waals surface area contributed by atoms with E-state index in [0.29, 0.717) is 16.9 Å². The third-order valence-corrected chi connectivity index (χ3v) is 4.27. The zero-order valence-corrected chi connectivity index (χ0v) is 16.1. The Bertz CT molecular complexity index is 1150. The lowest BCUT2D eigenvalue weighted by atomic mass is 10.1. The van der Waals surface area contributed by atoms with Gasteiger partial charge in [0.25, 0.3) is 5.91 Å². The number of alkyl halides is 3. The Balaban J connectivity index is 1.59. The summed E-state index contributed by atoms with van der Waals surface area (Å²) in [6.07, 6.45) is -3.12. The number of carbonyl (C=O) groups excluding carboxylic acids is 2. The van der Waals surface area contributed by atoms with Gasteiger partial charge >= 0.3 is 6.18 Å². The highest BCUT2D eigenvalue weighted by Crippen LogP contribution is 2.21. The number of carbonyl (C=O) groups is 2. The van der Waals surface area contributed by atoms with Gasteiger partial charge in [0.1, 0.15) is 0 Å². The maximum absolute atomic E-state index is 12.3. The topological polar surface area (TPSA) is 112 Å². The molecule has 0 radical (unpaired) electrons. The van der Waals surface area contributed by atoms with Crippen LogP contribution in [0.4, 0.5) is 13.2 Å². The molecule has 0 aliphatic carbocycles. The highest BCUT2D eigenvalue weighted by molar-refractivity contribution is 5.96. The van der Waals surface area contributed by atoms with E-state index in [9.17, 15) is 22.8 Å². The van der Waals surface area contributed by atoms with E-state index < -0.39 is 30.8 Å². The van der Waals surface area contributed by atoms with Crippen LogP contribution in [0.15, 0.2) is 42.7 Å². The van der Waals surface area contributed by atoms with Crippen LogP contribution >= 0.6 is 0 Å². The van der Waals surface area contributed by atoms with Gasteiger partial charge in [0.15, 0.2) is 5.65 Å². The molecule has 1 aromatic carbocycles. The van der Waals surface area contributed by atoms with Crippen LogP contribution in [0.5, 0.6) is 0 Å². The highest BCUT2D eigenvalue weighted by Gasteiger charge is 2.27. The molecule has 31 heavy (non-hydrogen) atoms. The number of nitriles is 1. The zero-order valence-electron chi connectivity index (χ0n) is 16.1. The Morgan fingerprint density at radius 1 is 1.16 bits per heavy atom. The Morgan fingerprint density at radius 2 is 1.94 bits per heavy atom. The second-order valence-corrected chi connectivity index (χ2v) is 6.63. The quantitative estimate of drug-likeness (QED) is 0.598. The monoisotopic (exact) mass is 430 g/mol. The molecule has 0 aliphatic heterocycles. The molecule has 11 heteroatoms. The van der Waals surface area contributed by atoms with Crippen molar-refractivity contribution in [2.75, 3.05) is 0 Å². The molecule has 3 rings (SSSR count). The summed E-state index contributed by atoms with van der Waals surface area (Å²) in [5, 5.41) is 18.3. The summed E-state index contributed by atoms with van der Waals surface area (Å²) >= 11 is 0. The molecule has 0 unspecified atom stereocenters. The van der Waals surface area contributed by atoms with Crippen LogP contribution < -0.4 is 10.6 Å². The molecule has 0 bridgehead atoms. The van der Waals surface area contributed by atoms with Gasteiger partial charge in [0.05, 0.1) is 48.2 Å². The van der Waals surface area contributed by atoms with Crippen LogP contribution in [-0.4, -0.2) is 32.6 Å². The normalized spacial score (nSPS) is 11.2. The summed E-state index contributed by atoms with van der Waals surface area (Å²) in [6.45, 7) is 0.121. The summed E-state index contributed by atoms with van der Waals surface area (Å²) in [7, 11) is 0. The first-order chi connectivity index (χ1) is 14.7. The molecule has 0 saturated heterocycles. The summed E-state index contributed by atoms with van der Waals surface area (Å²) in [6, 6.07) is 10.0. The average molecular weight is 430 g/mol. The van der Waals surface area contributed by atoms with Gasteiger partial charge in [-0.15, -0.1) is 0 Å². The second kappa shape index (κ2) is 9.25. The minimum atomic E-state index is -4.38. The van der Waals surface area contributed by atoms with Crippen molar-refractivity contribution >= 4 is 17.5 Å². The molecule has 0 saturated carbocycles. The summed E-state index contributed by atoms with van der Waals surface area (Å²) < 4.78 is 38.0. The Hall–Kier alpha value is -3.94. The molecule has 2 N–H and O–H groups in total. The van der Waals surface area contributed by atoms with Gasteiger partial charge < -0.3 is 10.6 Å². The van der Waals surface area contributed by atoms with Gasteiger partial charge in [-0.25, -0.2) is 9.50 Å². The molecule has 2 heterocycles. The number of nitrogens with zero attached hydrogens (tertiary/aromatic N) is 4. The minimum Gasteiger partial charge on any atom is -0.352 e. The van der Waals surface area contributed by atoms with Crippen molar-refractivity contribution in [3.05, 3.63) is 65.1 Å². The predicted molar refractivity (Wildman–Crippen MR) is 102 cm³/mol. The van der Waals surface area contributed by atoms with Crippen molar-refractivity contribution in [3.63, 3.8) is 0 Å². The van der Waals surface area contributed by atoms with E-state index in [-0.39, 0.29) is 24.2 Å². The molecular formula is C20H17F3N6O2. The number of imidazole rings is 1. The van der Waals surface area contributed by atoms with Crippen LogP contribution in [0.3, 0.4) is 0 Å². The fraction of sp³-hybridized carbons (Fsp3) is 0.250. The van der Waals surface area contributed by atoms with E-state index in [0.717, 1.165) is 0 Å². The van der Waals surface area contributed by atoms with Gasteiger partial charge in [0, 0.05) is 13.0 Å². The van der Waals surface area contributed by atoms with Crippen molar-refractivity contribution in [1.82, 2.24) is 25.2 Å². The molecule has 8 nitrogen and oxygen atoms in total. The first kappa shape index (κ1) is 21.8. The van der Waals surface area contributed by atoms with Crippen molar-refractivity contribution in [2.24, 2.45) is 0 Å². The van der Waals surface area contributed by atoms with Crippen molar-refractivity contribution in [3.8, 4) is 6.07 Å². The standard InChI is InChI=1S/C20H17F3N6O2/c21-20(22,23)6-5-18(30)25-9-13-7-17-28-15(12-29(17)27-10-13)11-26-19(31)16-4-2-1-3-14(16)8-24/h1-4,7,10,12H,5-6,9,11H2,(H,25,30)(H,26,31). The summed E-state index contributed by atoms with van der Waals surface area (Å²) in [5.74, 6) is -1.12. The molecule has 0 aliphatic rings. The van der Waals surface area contributed by atoms with Crippen LogP contribution in [0.1, 0.15) is 40.0 Å². The third-order valence-electron chi connectivity index (χ3n) is 4.27. The van der Waals surface area contributed by atoms with Crippen molar-refractivity contribution in [2.45, 2.75) is 32.1 Å². The lowest BCUT2D eigenvalue weighted by molar-refractivity contribution is -0.144.